The average molecular weight is 427 g/mol. The standard InChI is InChI=1S/C18H14ClF3N4O3/c1-10-15(17(27)29-6-5-28-14-9-23-8-13(19)25-14)26-16(24-10)11-3-2-4-12(7-11)18(20,21)22/h2-4,7-9H,5-6H2,1H3,(H,24,26). The Labute approximate surface area is 167 Å². The van der Waals surface area contributed by atoms with Crippen LogP contribution in [-0.2, 0) is 10.9 Å². The van der Waals surface area contributed by atoms with E-state index in [0.29, 0.717) is 5.69 Å². The monoisotopic (exact) mass is 426 g/mol. The predicted molar refractivity (Wildman–Crippen MR) is 96.6 cm³/mol. The molecule has 3 aromatic rings. The van der Waals surface area contributed by atoms with Crippen LogP contribution in [0.4, 0.5) is 13.2 Å². The maximum absolute atomic E-state index is 12.9. The lowest BCUT2D eigenvalue weighted by molar-refractivity contribution is -0.137. The molecule has 0 bridgehead atoms. The van der Waals surface area contributed by atoms with E-state index in [1.807, 2.05) is 0 Å². The van der Waals surface area contributed by atoms with E-state index in [4.69, 9.17) is 21.1 Å². The number of esters is 1. The molecule has 0 amide bonds. The number of rotatable bonds is 6. The first-order valence-corrected chi connectivity index (χ1v) is 8.63. The molecule has 0 spiro atoms. The van der Waals surface area contributed by atoms with Gasteiger partial charge in [-0.15, -0.1) is 0 Å². The number of alkyl halides is 3. The number of aromatic nitrogens is 4. The first-order valence-electron chi connectivity index (χ1n) is 8.26. The molecule has 152 valence electrons. The van der Waals surface area contributed by atoms with Gasteiger partial charge in [-0.25, -0.2) is 9.78 Å². The minimum atomic E-state index is -4.48. The average Bonchev–Trinajstić information content (AvgIpc) is 3.06. The zero-order valence-corrected chi connectivity index (χ0v) is 15.7. The van der Waals surface area contributed by atoms with Crippen LogP contribution in [0.15, 0.2) is 36.7 Å². The van der Waals surface area contributed by atoms with Crippen LogP contribution in [0.2, 0.25) is 5.15 Å². The van der Waals surface area contributed by atoms with Gasteiger partial charge >= 0.3 is 12.1 Å². The van der Waals surface area contributed by atoms with Gasteiger partial charge in [-0.3, -0.25) is 4.98 Å². The Morgan fingerprint density at radius 3 is 2.72 bits per heavy atom. The number of ether oxygens (including phenoxy) is 2. The van der Waals surface area contributed by atoms with Gasteiger partial charge in [-0.1, -0.05) is 23.7 Å². The molecule has 3 rings (SSSR count). The molecule has 0 saturated heterocycles. The molecule has 2 heterocycles. The minimum absolute atomic E-state index is 0.00468. The van der Waals surface area contributed by atoms with Crippen molar-refractivity contribution in [3.05, 3.63) is 58.8 Å². The van der Waals surface area contributed by atoms with Crippen LogP contribution in [0.5, 0.6) is 5.88 Å². The smallest absolute Gasteiger partial charge is 0.416 e. The third kappa shape index (κ3) is 5.23. The van der Waals surface area contributed by atoms with E-state index in [1.165, 1.54) is 24.5 Å². The van der Waals surface area contributed by atoms with E-state index in [0.717, 1.165) is 12.1 Å². The quantitative estimate of drug-likeness (QED) is 0.472. The van der Waals surface area contributed by atoms with E-state index in [-0.39, 0.29) is 41.3 Å². The molecular weight excluding hydrogens is 413 g/mol. The highest BCUT2D eigenvalue weighted by Gasteiger charge is 2.30. The Hall–Kier alpha value is -3.14. The number of halogens is 4. The Morgan fingerprint density at radius 1 is 1.21 bits per heavy atom. The van der Waals surface area contributed by atoms with Crippen LogP contribution in [0.1, 0.15) is 21.7 Å². The number of hydrogen-bond donors (Lipinski definition) is 1. The van der Waals surface area contributed by atoms with Crippen molar-refractivity contribution in [1.29, 1.82) is 0 Å². The van der Waals surface area contributed by atoms with Gasteiger partial charge in [0.15, 0.2) is 10.8 Å². The minimum Gasteiger partial charge on any atom is -0.473 e. The van der Waals surface area contributed by atoms with E-state index >= 15 is 0 Å². The second kappa shape index (κ2) is 8.48. The highest BCUT2D eigenvalue weighted by molar-refractivity contribution is 6.29. The fraction of sp³-hybridized carbons (Fsp3) is 0.222. The summed E-state index contributed by atoms with van der Waals surface area (Å²) in [5.41, 5.74) is -0.275. The maximum atomic E-state index is 12.9. The molecule has 0 saturated carbocycles. The number of carbonyl (C=O) groups excluding carboxylic acids is 1. The van der Waals surface area contributed by atoms with Crippen LogP contribution < -0.4 is 4.74 Å². The largest absolute Gasteiger partial charge is 0.473 e. The zero-order valence-electron chi connectivity index (χ0n) is 15.0. The lowest BCUT2D eigenvalue weighted by Gasteiger charge is -2.07. The maximum Gasteiger partial charge on any atom is 0.416 e. The topological polar surface area (TPSA) is 90.0 Å². The number of nitrogens with zero attached hydrogens (tertiary/aromatic N) is 3. The molecule has 0 fully saturated rings. The van der Waals surface area contributed by atoms with Gasteiger partial charge in [0.05, 0.1) is 18.0 Å². The van der Waals surface area contributed by atoms with Gasteiger partial charge in [-0.2, -0.15) is 18.2 Å². The summed E-state index contributed by atoms with van der Waals surface area (Å²) in [5, 5.41) is 0.161. The van der Waals surface area contributed by atoms with Crippen molar-refractivity contribution in [2.24, 2.45) is 0 Å². The molecule has 11 heteroatoms. The summed E-state index contributed by atoms with van der Waals surface area (Å²) in [6.45, 7) is 1.47. The molecule has 0 aliphatic rings. The van der Waals surface area contributed by atoms with Gasteiger partial charge in [0, 0.05) is 11.3 Å². The molecule has 0 aliphatic heterocycles. The number of H-pyrrole nitrogens is 1. The number of imidazole rings is 1. The van der Waals surface area contributed by atoms with Gasteiger partial charge in [-0.05, 0) is 19.1 Å². The molecule has 1 N–H and O–H groups in total. The Bertz CT molecular complexity index is 1020. The van der Waals surface area contributed by atoms with Crippen molar-refractivity contribution in [2.75, 3.05) is 13.2 Å². The van der Waals surface area contributed by atoms with Crippen LogP contribution in [0.3, 0.4) is 0 Å². The van der Waals surface area contributed by atoms with Crippen molar-refractivity contribution >= 4 is 17.6 Å². The molecule has 7 nitrogen and oxygen atoms in total. The molecule has 29 heavy (non-hydrogen) atoms. The fourth-order valence-corrected chi connectivity index (χ4v) is 2.52. The number of carbonyl (C=O) groups is 1. The van der Waals surface area contributed by atoms with Crippen molar-refractivity contribution in [3.8, 4) is 17.3 Å². The second-order valence-corrected chi connectivity index (χ2v) is 6.19. The highest BCUT2D eigenvalue weighted by atomic mass is 35.5. The first-order chi connectivity index (χ1) is 13.7. The normalized spacial score (nSPS) is 11.3. The molecule has 0 atom stereocenters. The van der Waals surface area contributed by atoms with E-state index in [1.54, 1.807) is 6.92 Å². The molecular formula is C18H14ClF3N4O3. The molecule has 2 aromatic heterocycles. The molecule has 1 aromatic carbocycles. The Morgan fingerprint density at radius 2 is 2.00 bits per heavy atom. The lowest BCUT2D eigenvalue weighted by atomic mass is 10.1. The van der Waals surface area contributed by atoms with Gasteiger partial charge < -0.3 is 14.5 Å². The lowest BCUT2D eigenvalue weighted by Crippen LogP contribution is -2.14. The number of hydrogen-bond acceptors (Lipinski definition) is 6. The second-order valence-electron chi connectivity index (χ2n) is 5.80. The third-order valence-electron chi connectivity index (χ3n) is 3.69. The summed E-state index contributed by atoms with van der Waals surface area (Å²) in [4.78, 5) is 26.8. The zero-order chi connectivity index (χ0) is 21.0. The summed E-state index contributed by atoms with van der Waals surface area (Å²) in [5.74, 6) is -0.430. The number of nitrogens with one attached hydrogen (secondary N) is 1. The van der Waals surface area contributed by atoms with Crippen molar-refractivity contribution in [2.45, 2.75) is 13.1 Å². The van der Waals surface area contributed by atoms with Crippen molar-refractivity contribution in [3.63, 3.8) is 0 Å². The summed E-state index contributed by atoms with van der Waals surface area (Å²) < 4.78 is 49.0. The molecule has 0 aliphatic carbocycles. The summed E-state index contributed by atoms with van der Waals surface area (Å²) in [7, 11) is 0. The summed E-state index contributed by atoms with van der Waals surface area (Å²) >= 11 is 5.68. The molecule has 0 unspecified atom stereocenters. The fourth-order valence-electron chi connectivity index (χ4n) is 2.38. The van der Waals surface area contributed by atoms with Crippen LogP contribution in [-0.4, -0.2) is 39.1 Å². The summed E-state index contributed by atoms with van der Waals surface area (Å²) in [6.07, 6.45) is -1.78. The summed E-state index contributed by atoms with van der Waals surface area (Å²) in [6, 6.07) is 4.64. The first kappa shape index (κ1) is 20.6. The van der Waals surface area contributed by atoms with Crippen LogP contribution in [0, 0.1) is 6.92 Å². The Kier molecular flexibility index (Phi) is 6.02. The van der Waals surface area contributed by atoms with E-state index in [9.17, 15) is 18.0 Å². The molecule has 0 radical (unpaired) electrons. The third-order valence-corrected chi connectivity index (χ3v) is 3.87. The van der Waals surface area contributed by atoms with Gasteiger partial charge in [0.2, 0.25) is 5.88 Å². The van der Waals surface area contributed by atoms with Crippen molar-refractivity contribution in [1.82, 2.24) is 19.9 Å². The van der Waals surface area contributed by atoms with Crippen LogP contribution in [0.25, 0.3) is 11.4 Å². The van der Waals surface area contributed by atoms with Gasteiger partial charge in [0.25, 0.3) is 0 Å². The van der Waals surface area contributed by atoms with Crippen LogP contribution >= 0.6 is 11.6 Å². The predicted octanol–water partition coefficient (Wildman–Crippen LogP) is 4.08. The highest BCUT2D eigenvalue weighted by Crippen LogP contribution is 2.31. The number of benzene rings is 1. The SMILES string of the molecule is Cc1[nH]c(-c2cccc(C(F)(F)F)c2)nc1C(=O)OCCOc1cncc(Cl)n1. The van der Waals surface area contributed by atoms with Crippen molar-refractivity contribution < 1.29 is 27.4 Å². The van der Waals surface area contributed by atoms with E-state index < -0.39 is 17.7 Å². The number of aromatic amines is 1. The van der Waals surface area contributed by atoms with E-state index in [2.05, 4.69) is 19.9 Å². The Balaban J connectivity index is 1.63. The number of aryl methyl sites for hydroxylation is 1. The van der Waals surface area contributed by atoms with Gasteiger partial charge in [0.1, 0.15) is 19.0 Å².